The van der Waals surface area contributed by atoms with Crippen molar-refractivity contribution in [1.82, 2.24) is 20.5 Å². The molecule has 2 aromatic rings. The van der Waals surface area contributed by atoms with Crippen molar-refractivity contribution in [3.63, 3.8) is 0 Å². The lowest BCUT2D eigenvalue weighted by Crippen LogP contribution is -2.46. The third-order valence-corrected chi connectivity index (χ3v) is 5.15. The van der Waals surface area contributed by atoms with E-state index < -0.39 is 11.8 Å². The molecule has 1 aromatic heterocycles. The van der Waals surface area contributed by atoms with Crippen LogP contribution in [0.15, 0.2) is 48.8 Å². The van der Waals surface area contributed by atoms with Gasteiger partial charge in [-0.25, -0.2) is 0 Å². The Morgan fingerprint density at radius 1 is 1.03 bits per heavy atom. The van der Waals surface area contributed by atoms with E-state index in [4.69, 9.17) is 4.74 Å². The monoisotopic (exact) mass is 411 g/mol. The first-order valence-corrected chi connectivity index (χ1v) is 10.1. The SMILES string of the molecule is CN(C)c1ccc(C(CNC(=O)C(=O)NCc2ccncc2)N2CCOCC2)cc1. The molecule has 0 spiro atoms. The van der Waals surface area contributed by atoms with E-state index in [1.165, 1.54) is 0 Å². The average molecular weight is 412 g/mol. The molecule has 30 heavy (non-hydrogen) atoms. The van der Waals surface area contributed by atoms with Gasteiger partial charge in [0.15, 0.2) is 0 Å². The molecular weight excluding hydrogens is 382 g/mol. The van der Waals surface area contributed by atoms with Gasteiger partial charge in [-0.05, 0) is 35.4 Å². The second kappa shape index (κ2) is 10.7. The number of aromatic nitrogens is 1. The number of hydrogen-bond donors (Lipinski definition) is 2. The van der Waals surface area contributed by atoms with Gasteiger partial charge in [0.25, 0.3) is 0 Å². The Hall–Kier alpha value is -2.97. The van der Waals surface area contributed by atoms with Gasteiger partial charge in [0.2, 0.25) is 0 Å². The summed E-state index contributed by atoms with van der Waals surface area (Å²) in [6.07, 6.45) is 3.30. The van der Waals surface area contributed by atoms with Gasteiger partial charge in [-0.3, -0.25) is 19.5 Å². The highest BCUT2D eigenvalue weighted by Crippen LogP contribution is 2.23. The Balaban J connectivity index is 1.61. The van der Waals surface area contributed by atoms with Gasteiger partial charge in [0.05, 0.1) is 19.3 Å². The van der Waals surface area contributed by atoms with Crippen LogP contribution in [0.4, 0.5) is 5.69 Å². The topological polar surface area (TPSA) is 86.8 Å². The minimum atomic E-state index is -0.643. The van der Waals surface area contributed by atoms with Gasteiger partial charge in [-0.15, -0.1) is 0 Å². The fraction of sp³-hybridized carbons (Fsp3) is 0.409. The summed E-state index contributed by atoms with van der Waals surface area (Å²) in [6, 6.07) is 11.8. The van der Waals surface area contributed by atoms with Crippen LogP contribution in [-0.2, 0) is 20.9 Å². The number of ether oxygens (including phenoxy) is 1. The van der Waals surface area contributed by atoms with E-state index >= 15 is 0 Å². The molecule has 1 unspecified atom stereocenters. The number of nitrogens with one attached hydrogen (secondary N) is 2. The summed E-state index contributed by atoms with van der Waals surface area (Å²) in [6.45, 7) is 3.52. The molecule has 1 atom stereocenters. The molecule has 2 heterocycles. The number of morpholine rings is 1. The maximum atomic E-state index is 12.3. The van der Waals surface area contributed by atoms with Gasteiger partial charge >= 0.3 is 11.8 Å². The smallest absolute Gasteiger partial charge is 0.309 e. The predicted octanol–water partition coefficient (Wildman–Crippen LogP) is 0.954. The second-order valence-corrected chi connectivity index (χ2v) is 7.40. The van der Waals surface area contributed by atoms with E-state index in [1.807, 2.05) is 19.0 Å². The van der Waals surface area contributed by atoms with Gasteiger partial charge in [0, 0.05) is 58.4 Å². The summed E-state index contributed by atoms with van der Waals surface area (Å²) < 4.78 is 5.47. The molecule has 8 heteroatoms. The quantitative estimate of drug-likeness (QED) is 0.660. The number of rotatable bonds is 7. The number of nitrogens with zero attached hydrogens (tertiary/aromatic N) is 3. The first kappa shape index (κ1) is 21.7. The lowest BCUT2D eigenvalue weighted by atomic mass is 10.0. The van der Waals surface area contributed by atoms with E-state index in [9.17, 15) is 9.59 Å². The highest BCUT2D eigenvalue weighted by atomic mass is 16.5. The Kier molecular flexibility index (Phi) is 7.75. The number of amides is 2. The molecule has 1 aromatic carbocycles. The van der Waals surface area contributed by atoms with Crippen molar-refractivity contribution in [1.29, 1.82) is 0 Å². The van der Waals surface area contributed by atoms with Gasteiger partial charge < -0.3 is 20.3 Å². The van der Waals surface area contributed by atoms with Crippen LogP contribution < -0.4 is 15.5 Å². The summed E-state index contributed by atoms with van der Waals surface area (Å²) in [5.74, 6) is -1.28. The van der Waals surface area contributed by atoms with Gasteiger partial charge in [0.1, 0.15) is 0 Å². The normalized spacial score (nSPS) is 15.3. The Bertz CT molecular complexity index is 820. The molecule has 2 N–H and O–H groups in total. The third-order valence-electron chi connectivity index (χ3n) is 5.15. The molecule has 0 bridgehead atoms. The number of carbonyl (C=O) groups excluding carboxylic acids is 2. The Morgan fingerprint density at radius 3 is 2.30 bits per heavy atom. The molecule has 1 aliphatic heterocycles. The summed E-state index contributed by atoms with van der Waals surface area (Å²) in [4.78, 5) is 32.8. The molecule has 3 rings (SSSR count). The summed E-state index contributed by atoms with van der Waals surface area (Å²) in [5.41, 5.74) is 3.09. The molecule has 8 nitrogen and oxygen atoms in total. The molecule has 0 radical (unpaired) electrons. The third kappa shape index (κ3) is 6.01. The molecule has 1 fully saturated rings. The number of benzene rings is 1. The van der Waals surface area contributed by atoms with Crippen molar-refractivity contribution in [2.75, 3.05) is 51.8 Å². The van der Waals surface area contributed by atoms with Gasteiger partial charge in [-0.2, -0.15) is 0 Å². The molecule has 1 saturated heterocycles. The van der Waals surface area contributed by atoms with Crippen molar-refractivity contribution in [2.45, 2.75) is 12.6 Å². The Labute approximate surface area is 177 Å². The maximum absolute atomic E-state index is 12.3. The van der Waals surface area contributed by atoms with Crippen molar-refractivity contribution in [3.05, 3.63) is 59.9 Å². The van der Waals surface area contributed by atoms with Crippen molar-refractivity contribution < 1.29 is 14.3 Å². The zero-order valence-electron chi connectivity index (χ0n) is 17.5. The van der Waals surface area contributed by atoms with Gasteiger partial charge in [-0.1, -0.05) is 12.1 Å². The van der Waals surface area contributed by atoms with Crippen LogP contribution in [0.25, 0.3) is 0 Å². The number of pyridine rings is 1. The zero-order chi connectivity index (χ0) is 21.3. The number of hydrogen-bond acceptors (Lipinski definition) is 6. The summed E-state index contributed by atoms with van der Waals surface area (Å²) in [7, 11) is 4.00. The number of anilines is 1. The highest BCUT2D eigenvalue weighted by Gasteiger charge is 2.24. The molecule has 1 aliphatic rings. The van der Waals surface area contributed by atoms with E-state index in [2.05, 4.69) is 44.8 Å². The average Bonchev–Trinajstić information content (AvgIpc) is 2.79. The van der Waals surface area contributed by atoms with Crippen LogP contribution >= 0.6 is 0 Å². The van der Waals surface area contributed by atoms with E-state index in [1.54, 1.807) is 24.5 Å². The summed E-state index contributed by atoms with van der Waals surface area (Å²) >= 11 is 0. The fourth-order valence-electron chi connectivity index (χ4n) is 3.37. The molecule has 2 amide bonds. The highest BCUT2D eigenvalue weighted by molar-refractivity contribution is 6.35. The van der Waals surface area contributed by atoms with Crippen molar-refractivity contribution in [2.24, 2.45) is 0 Å². The minimum absolute atomic E-state index is 0.0259. The second-order valence-electron chi connectivity index (χ2n) is 7.40. The van der Waals surface area contributed by atoms with Crippen LogP contribution in [0.5, 0.6) is 0 Å². The van der Waals surface area contributed by atoms with Crippen molar-refractivity contribution >= 4 is 17.5 Å². The fourth-order valence-corrected chi connectivity index (χ4v) is 3.37. The van der Waals surface area contributed by atoms with Crippen LogP contribution in [0.3, 0.4) is 0 Å². The minimum Gasteiger partial charge on any atom is -0.379 e. The van der Waals surface area contributed by atoms with Crippen LogP contribution in [-0.4, -0.2) is 68.6 Å². The maximum Gasteiger partial charge on any atom is 0.309 e. The first-order valence-electron chi connectivity index (χ1n) is 10.1. The van der Waals surface area contributed by atoms with Crippen LogP contribution in [0.2, 0.25) is 0 Å². The first-order chi connectivity index (χ1) is 14.5. The standard InChI is InChI=1S/C22H29N5O3/c1-26(2)19-5-3-18(4-6-19)20(27-11-13-30-14-12-27)16-25-22(29)21(28)24-15-17-7-9-23-10-8-17/h3-10,20H,11-16H2,1-2H3,(H,24,28)(H,25,29). The molecule has 160 valence electrons. The number of carbonyl (C=O) groups is 2. The van der Waals surface area contributed by atoms with E-state index in [0.29, 0.717) is 19.8 Å². The molecule has 0 aliphatic carbocycles. The predicted molar refractivity (Wildman–Crippen MR) is 115 cm³/mol. The van der Waals surface area contributed by atoms with Crippen LogP contribution in [0, 0.1) is 0 Å². The van der Waals surface area contributed by atoms with Crippen molar-refractivity contribution in [3.8, 4) is 0 Å². The van der Waals surface area contributed by atoms with Crippen LogP contribution in [0.1, 0.15) is 17.2 Å². The molecule has 0 saturated carbocycles. The lowest BCUT2D eigenvalue weighted by Gasteiger charge is -2.35. The largest absolute Gasteiger partial charge is 0.379 e. The lowest BCUT2D eigenvalue weighted by molar-refractivity contribution is -0.139. The summed E-state index contributed by atoms with van der Waals surface area (Å²) in [5, 5.41) is 5.44. The van der Waals surface area contributed by atoms with E-state index in [-0.39, 0.29) is 12.6 Å². The molecular formula is C22H29N5O3. The van der Waals surface area contributed by atoms with E-state index in [0.717, 1.165) is 29.9 Å². The zero-order valence-corrected chi connectivity index (χ0v) is 17.5. The Morgan fingerprint density at radius 2 is 1.67 bits per heavy atom.